The van der Waals surface area contributed by atoms with E-state index in [-0.39, 0.29) is 5.69 Å². The predicted octanol–water partition coefficient (Wildman–Crippen LogP) is 6.57. The Hall–Kier alpha value is -2.52. The number of nitriles is 1. The lowest BCUT2D eigenvalue weighted by molar-refractivity contribution is 0.563. The summed E-state index contributed by atoms with van der Waals surface area (Å²) in [7, 11) is 0. The maximum absolute atomic E-state index is 12.6. The van der Waals surface area contributed by atoms with Crippen molar-refractivity contribution in [1.82, 2.24) is 14.4 Å². The fraction of sp³-hybridized carbons (Fsp3) is 0.480. The number of aromatic nitrogens is 3. The molecule has 0 spiro atoms. The van der Waals surface area contributed by atoms with Crippen LogP contribution in [0, 0.1) is 11.3 Å². The van der Waals surface area contributed by atoms with Crippen molar-refractivity contribution in [3.63, 3.8) is 0 Å². The number of rotatable bonds is 13. The molecule has 0 amide bonds. The number of benzene rings is 1. The Balaban J connectivity index is 1.52. The fourth-order valence-electron chi connectivity index (χ4n) is 3.81. The summed E-state index contributed by atoms with van der Waals surface area (Å²) in [6.45, 7) is 2.25. The molecule has 0 saturated carbocycles. The number of nitrogens with zero attached hydrogens (tertiary/aromatic N) is 3. The highest BCUT2D eigenvalue weighted by Crippen LogP contribution is 2.27. The molecule has 0 saturated heterocycles. The molecule has 0 fully saturated rings. The Morgan fingerprint density at radius 3 is 2.29 bits per heavy atom. The first-order valence-corrected chi connectivity index (χ1v) is 12.5. The summed E-state index contributed by atoms with van der Waals surface area (Å²) in [5, 5.41) is 10.3. The van der Waals surface area contributed by atoms with E-state index in [1.807, 2.05) is 30.3 Å². The highest BCUT2D eigenvalue weighted by molar-refractivity contribution is 7.99. The second kappa shape index (κ2) is 12.4. The Labute approximate surface area is 188 Å². The van der Waals surface area contributed by atoms with Gasteiger partial charge in [0, 0.05) is 17.5 Å². The molecule has 0 bridgehead atoms. The van der Waals surface area contributed by atoms with Crippen LogP contribution >= 0.6 is 11.8 Å². The van der Waals surface area contributed by atoms with Crippen LogP contribution < -0.4 is 5.69 Å². The first-order valence-electron chi connectivity index (χ1n) is 11.5. The number of nitrogens with one attached hydrogen (secondary N) is 1. The van der Waals surface area contributed by atoms with Gasteiger partial charge < -0.3 is 0 Å². The van der Waals surface area contributed by atoms with Crippen LogP contribution in [0.4, 0.5) is 0 Å². The summed E-state index contributed by atoms with van der Waals surface area (Å²) in [4.78, 5) is 20.0. The van der Waals surface area contributed by atoms with Crippen LogP contribution in [0.5, 0.6) is 0 Å². The van der Waals surface area contributed by atoms with E-state index in [1.165, 1.54) is 62.2 Å². The van der Waals surface area contributed by atoms with Gasteiger partial charge in [-0.25, -0.2) is 9.78 Å². The van der Waals surface area contributed by atoms with Gasteiger partial charge in [0.2, 0.25) is 0 Å². The molecule has 3 rings (SSSR count). The summed E-state index contributed by atoms with van der Waals surface area (Å²) in [6.07, 6.45) is 14.7. The minimum atomic E-state index is -0.255. The molecular formula is C25H32N4OS. The molecule has 0 aliphatic carbocycles. The molecule has 3 aromatic rings. The molecular weight excluding hydrogens is 404 g/mol. The first kappa shape index (κ1) is 23.1. The van der Waals surface area contributed by atoms with Gasteiger partial charge in [0.1, 0.15) is 11.6 Å². The molecule has 2 heterocycles. The van der Waals surface area contributed by atoms with Crippen molar-refractivity contribution in [1.29, 1.82) is 5.26 Å². The molecule has 31 heavy (non-hydrogen) atoms. The van der Waals surface area contributed by atoms with Crippen molar-refractivity contribution in [2.24, 2.45) is 0 Å². The van der Waals surface area contributed by atoms with E-state index in [0.29, 0.717) is 16.4 Å². The maximum atomic E-state index is 12.6. The average molecular weight is 437 g/mol. The zero-order valence-electron chi connectivity index (χ0n) is 18.4. The Morgan fingerprint density at radius 1 is 1.00 bits per heavy atom. The van der Waals surface area contributed by atoms with E-state index in [1.54, 1.807) is 18.0 Å². The van der Waals surface area contributed by atoms with Crippen LogP contribution in [0.2, 0.25) is 0 Å². The van der Waals surface area contributed by atoms with Gasteiger partial charge in [0.25, 0.3) is 0 Å². The molecule has 0 aliphatic rings. The topological polar surface area (TPSA) is 74.0 Å². The predicted molar refractivity (Wildman–Crippen MR) is 129 cm³/mol. The maximum Gasteiger partial charge on any atom is 0.333 e. The van der Waals surface area contributed by atoms with Crippen LogP contribution in [-0.2, 0) is 0 Å². The van der Waals surface area contributed by atoms with Gasteiger partial charge >= 0.3 is 5.69 Å². The van der Waals surface area contributed by atoms with Crippen molar-refractivity contribution >= 4 is 17.4 Å². The number of H-pyrrole nitrogens is 1. The van der Waals surface area contributed by atoms with Crippen LogP contribution in [0.15, 0.2) is 46.5 Å². The van der Waals surface area contributed by atoms with Crippen LogP contribution in [0.1, 0.15) is 76.7 Å². The van der Waals surface area contributed by atoms with Gasteiger partial charge in [0.15, 0.2) is 10.8 Å². The van der Waals surface area contributed by atoms with Gasteiger partial charge in [-0.2, -0.15) is 5.26 Å². The first-order chi connectivity index (χ1) is 15.2. The van der Waals surface area contributed by atoms with Crippen LogP contribution in [0.25, 0.3) is 16.8 Å². The fourth-order valence-corrected chi connectivity index (χ4v) is 4.66. The monoisotopic (exact) mass is 436 g/mol. The lowest BCUT2D eigenvalue weighted by Crippen LogP contribution is -2.17. The zero-order valence-corrected chi connectivity index (χ0v) is 19.2. The standard InChI is InChI=1S/C25H32N4OS/c1-2-3-4-5-6-7-8-9-10-14-17-31-24-27-23-21(18-26)22(19-29(23)25(30)28-24)20-15-12-11-13-16-20/h11-13,15-16,19H,2-10,14,17H2,1H3,(H,27,28,30). The molecule has 1 aromatic carbocycles. The highest BCUT2D eigenvalue weighted by Gasteiger charge is 2.16. The van der Waals surface area contributed by atoms with Crippen LogP contribution in [0.3, 0.4) is 0 Å². The van der Waals surface area contributed by atoms with Gasteiger partial charge in [-0.1, -0.05) is 107 Å². The smallest absolute Gasteiger partial charge is 0.286 e. The molecule has 1 N–H and O–H groups in total. The summed E-state index contributed by atoms with van der Waals surface area (Å²) in [5.74, 6) is 0.920. The number of hydrogen-bond acceptors (Lipinski definition) is 4. The van der Waals surface area contributed by atoms with Crippen LogP contribution in [-0.4, -0.2) is 20.1 Å². The number of fused-ring (bicyclic) bond motifs is 1. The molecule has 5 nitrogen and oxygen atoms in total. The molecule has 0 atom stereocenters. The SMILES string of the molecule is CCCCCCCCCCCCSc1nc2c(C#N)c(-c3ccccc3)cn2c(=O)[nH]1. The number of unbranched alkanes of at least 4 members (excludes halogenated alkanes) is 9. The Morgan fingerprint density at radius 2 is 1.65 bits per heavy atom. The number of hydrogen-bond donors (Lipinski definition) is 1. The summed E-state index contributed by atoms with van der Waals surface area (Å²) in [5.41, 5.74) is 2.25. The molecule has 0 radical (unpaired) electrons. The minimum absolute atomic E-state index is 0.255. The van der Waals surface area contributed by atoms with Gasteiger partial charge in [0.05, 0.1) is 0 Å². The largest absolute Gasteiger partial charge is 0.333 e. The van der Waals surface area contributed by atoms with E-state index in [2.05, 4.69) is 23.0 Å². The molecule has 2 aromatic heterocycles. The molecule has 0 unspecified atom stereocenters. The number of thioether (sulfide) groups is 1. The quantitative estimate of drug-likeness (QED) is 0.243. The van der Waals surface area contributed by atoms with Crippen molar-refractivity contribution < 1.29 is 0 Å². The third kappa shape index (κ3) is 6.48. The lowest BCUT2D eigenvalue weighted by Gasteiger charge is -2.03. The lowest BCUT2D eigenvalue weighted by atomic mass is 10.1. The van der Waals surface area contributed by atoms with E-state index in [9.17, 15) is 10.1 Å². The summed E-state index contributed by atoms with van der Waals surface area (Å²) in [6, 6.07) is 11.9. The second-order valence-corrected chi connectivity index (χ2v) is 9.05. The third-order valence-electron chi connectivity index (χ3n) is 5.55. The van der Waals surface area contributed by atoms with Gasteiger partial charge in [-0.15, -0.1) is 0 Å². The second-order valence-electron chi connectivity index (χ2n) is 7.97. The molecule has 0 aliphatic heterocycles. The van der Waals surface area contributed by atoms with Crippen molar-refractivity contribution in [2.45, 2.75) is 76.3 Å². The highest BCUT2D eigenvalue weighted by atomic mass is 32.2. The van der Waals surface area contributed by atoms with Crippen molar-refractivity contribution in [3.8, 4) is 17.2 Å². The van der Waals surface area contributed by atoms with E-state index < -0.39 is 0 Å². The number of aromatic amines is 1. The van der Waals surface area contributed by atoms with Gasteiger partial charge in [-0.05, 0) is 12.0 Å². The zero-order chi connectivity index (χ0) is 21.9. The average Bonchev–Trinajstić information content (AvgIpc) is 3.17. The summed E-state index contributed by atoms with van der Waals surface area (Å²) < 4.78 is 1.44. The Kier molecular flexibility index (Phi) is 9.23. The Bertz CT molecular complexity index is 1050. The van der Waals surface area contributed by atoms with Crippen molar-refractivity contribution in [2.75, 3.05) is 5.75 Å². The molecule has 6 heteroatoms. The minimum Gasteiger partial charge on any atom is -0.286 e. The van der Waals surface area contributed by atoms with Gasteiger partial charge in [-0.3, -0.25) is 9.38 Å². The summed E-state index contributed by atoms with van der Waals surface area (Å²) >= 11 is 1.56. The van der Waals surface area contributed by atoms with E-state index in [0.717, 1.165) is 23.3 Å². The van der Waals surface area contributed by atoms with E-state index in [4.69, 9.17) is 0 Å². The van der Waals surface area contributed by atoms with E-state index >= 15 is 0 Å². The molecule has 164 valence electrons. The van der Waals surface area contributed by atoms with Crippen molar-refractivity contribution in [3.05, 3.63) is 52.6 Å². The third-order valence-corrected chi connectivity index (χ3v) is 6.51. The normalized spacial score (nSPS) is 11.1.